The third-order valence-electron chi connectivity index (χ3n) is 6.34. The predicted molar refractivity (Wildman–Crippen MR) is 115 cm³/mol. The molecule has 34 heavy (non-hydrogen) atoms. The van der Waals surface area contributed by atoms with Crippen LogP contribution in [0.5, 0.6) is 11.6 Å². The smallest absolute Gasteiger partial charge is 0.423 e. The summed E-state index contributed by atoms with van der Waals surface area (Å²) in [4.78, 5) is 7.98. The molecule has 3 aromatic rings. The Balaban J connectivity index is 1.34. The fraction of sp³-hybridized carbons (Fsp3) is 0.545. The van der Waals surface area contributed by atoms with Crippen LogP contribution in [-0.4, -0.2) is 57.0 Å². The lowest BCUT2D eigenvalue weighted by molar-refractivity contribution is -0.142. The van der Waals surface area contributed by atoms with E-state index >= 15 is 0 Å². The average molecular weight is 478 g/mol. The lowest BCUT2D eigenvalue weighted by Crippen LogP contribution is -2.39. The van der Waals surface area contributed by atoms with Crippen molar-refractivity contribution in [2.24, 2.45) is 0 Å². The molecule has 0 radical (unpaired) electrons. The molecule has 1 saturated carbocycles. The number of hydrogen-bond donors (Lipinski definition) is 1. The molecule has 1 aliphatic heterocycles. The fourth-order valence-corrected chi connectivity index (χ4v) is 4.48. The number of anilines is 1. The molecular formula is C22H25F3N6O3. The van der Waals surface area contributed by atoms with E-state index in [9.17, 15) is 13.2 Å². The van der Waals surface area contributed by atoms with Gasteiger partial charge in [-0.05, 0) is 32.3 Å². The molecule has 1 N–H and O–H groups in total. The zero-order valence-corrected chi connectivity index (χ0v) is 18.8. The van der Waals surface area contributed by atoms with Crippen molar-refractivity contribution in [3.8, 4) is 11.6 Å². The van der Waals surface area contributed by atoms with Crippen molar-refractivity contribution < 1.29 is 27.4 Å². The van der Waals surface area contributed by atoms with Gasteiger partial charge in [0, 0.05) is 29.9 Å². The van der Waals surface area contributed by atoms with Gasteiger partial charge in [-0.1, -0.05) is 6.42 Å². The molecule has 0 aromatic carbocycles. The van der Waals surface area contributed by atoms with E-state index in [0.717, 1.165) is 54.7 Å². The highest BCUT2D eigenvalue weighted by Gasteiger charge is 2.38. The van der Waals surface area contributed by atoms with E-state index in [4.69, 9.17) is 14.2 Å². The van der Waals surface area contributed by atoms with Gasteiger partial charge in [0.15, 0.2) is 5.65 Å². The molecule has 12 heteroatoms. The summed E-state index contributed by atoms with van der Waals surface area (Å²) >= 11 is 0. The Morgan fingerprint density at radius 3 is 2.74 bits per heavy atom. The van der Waals surface area contributed by atoms with E-state index < -0.39 is 23.7 Å². The molecule has 1 saturated heterocycles. The van der Waals surface area contributed by atoms with Gasteiger partial charge < -0.3 is 19.5 Å². The molecule has 5 rings (SSSR count). The number of rotatable bonds is 6. The van der Waals surface area contributed by atoms with Gasteiger partial charge in [-0.15, -0.1) is 10.2 Å². The average Bonchev–Trinajstić information content (AvgIpc) is 3.21. The summed E-state index contributed by atoms with van der Waals surface area (Å²) in [5.41, 5.74) is 0.668. The monoisotopic (exact) mass is 478 g/mol. The van der Waals surface area contributed by atoms with Crippen molar-refractivity contribution in [3.05, 3.63) is 35.4 Å². The predicted octanol–water partition coefficient (Wildman–Crippen LogP) is 3.77. The van der Waals surface area contributed by atoms with Crippen LogP contribution in [0.2, 0.25) is 0 Å². The topological polar surface area (TPSA) is 95.7 Å². The van der Waals surface area contributed by atoms with Crippen molar-refractivity contribution >= 4 is 11.6 Å². The van der Waals surface area contributed by atoms with Crippen molar-refractivity contribution in [2.45, 2.75) is 56.8 Å². The number of halogens is 3. The first kappa shape index (κ1) is 22.6. The van der Waals surface area contributed by atoms with Crippen LogP contribution in [0.3, 0.4) is 0 Å². The molecular weight excluding hydrogens is 453 g/mol. The van der Waals surface area contributed by atoms with Gasteiger partial charge in [0.25, 0.3) is 0 Å². The second-order valence-electron chi connectivity index (χ2n) is 8.65. The van der Waals surface area contributed by atoms with E-state index in [1.165, 1.54) is 0 Å². The number of nitrogens with zero attached hydrogens (tertiary/aromatic N) is 5. The van der Waals surface area contributed by atoms with Gasteiger partial charge in [-0.25, -0.2) is 4.98 Å². The number of fused-ring (bicyclic) bond motifs is 1. The first-order chi connectivity index (χ1) is 16.3. The molecule has 182 valence electrons. The fourth-order valence-electron chi connectivity index (χ4n) is 4.48. The molecule has 0 spiro atoms. The molecule has 0 unspecified atom stereocenters. The van der Waals surface area contributed by atoms with Crippen molar-refractivity contribution in [1.29, 1.82) is 0 Å². The Morgan fingerprint density at radius 1 is 1.21 bits per heavy atom. The Hall–Kier alpha value is -3.15. The van der Waals surface area contributed by atoms with Gasteiger partial charge in [0.2, 0.25) is 11.8 Å². The third kappa shape index (κ3) is 4.33. The van der Waals surface area contributed by atoms with Crippen LogP contribution < -0.4 is 14.8 Å². The first-order valence-electron chi connectivity index (χ1n) is 11.2. The second kappa shape index (κ2) is 8.90. The Kier molecular flexibility index (Phi) is 5.92. The SMILES string of the molecule is COc1ccn2c([C@H]3CCC[C@@H](Nc4ncc(C(F)(F)F)c(OC5COC5)n4)C3)nnc2c1C. The van der Waals surface area contributed by atoms with Crippen LogP contribution in [0, 0.1) is 6.92 Å². The van der Waals surface area contributed by atoms with Crippen LogP contribution in [0.15, 0.2) is 18.5 Å². The van der Waals surface area contributed by atoms with Crippen LogP contribution in [0.1, 0.15) is 48.6 Å². The highest BCUT2D eigenvalue weighted by molar-refractivity contribution is 5.54. The summed E-state index contributed by atoms with van der Waals surface area (Å²) in [6, 6.07) is 1.86. The molecule has 0 bridgehead atoms. The van der Waals surface area contributed by atoms with E-state index in [1.807, 2.05) is 23.6 Å². The van der Waals surface area contributed by atoms with Gasteiger partial charge in [-0.2, -0.15) is 18.2 Å². The summed E-state index contributed by atoms with van der Waals surface area (Å²) in [5, 5.41) is 12.0. The summed E-state index contributed by atoms with van der Waals surface area (Å²) in [5.74, 6) is 1.38. The van der Waals surface area contributed by atoms with Crippen molar-refractivity contribution in [3.63, 3.8) is 0 Å². The molecule has 4 heterocycles. The minimum Gasteiger partial charge on any atom is -0.496 e. The number of pyridine rings is 1. The standard InChI is InChI=1S/C22H25F3N6O3/c1-12-17(32-2)6-7-31-18(12)29-30-19(31)13-4-3-5-14(8-13)27-21-26-9-16(22(23,24)25)20(28-21)34-15-10-33-11-15/h6-7,9,13-15H,3-5,8,10-11H2,1-2H3,(H,26,27,28)/t13-,14+/m0/s1. The first-order valence-corrected chi connectivity index (χ1v) is 11.2. The quantitative estimate of drug-likeness (QED) is 0.572. The molecule has 2 aliphatic rings. The zero-order valence-electron chi connectivity index (χ0n) is 18.8. The van der Waals surface area contributed by atoms with Crippen molar-refractivity contribution in [1.82, 2.24) is 24.6 Å². The Morgan fingerprint density at radius 2 is 2.03 bits per heavy atom. The molecule has 1 aliphatic carbocycles. The highest BCUT2D eigenvalue weighted by Crippen LogP contribution is 2.37. The van der Waals surface area contributed by atoms with Crippen LogP contribution in [0.4, 0.5) is 19.1 Å². The largest absolute Gasteiger partial charge is 0.496 e. The Bertz CT molecular complexity index is 1180. The highest BCUT2D eigenvalue weighted by atomic mass is 19.4. The second-order valence-corrected chi connectivity index (χ2v) is 8.65. The summed E-state index contributed by atoms with van der Waals surface area (Å²) < 4.78 is 57.9. The number of ether oxygens (including phenoxy) is 3. The van der Waals surface area contributed by atoms with Crippen LogP contribution in [0.25, 0.3) is 5.65 Å². The van der Waals surface area contributed by atoms with Crippen molar-refractivity contribution in [2.75, 3.05) is 25.6 Å². The number of nitrogens with one attached hydrogen (secondary N) is 1. The number of alkyl halides is 3. The molecule has 2 atom stereocenters. The Labute approximate surface area is 193 Å². The van der Waals surface area contributed by atoms with Gasteiger partial charge in [-0.3, -0.25) is 4.40 Å². The maximum atomic E-state index is 13.4. The molecule has 0 amide bonds. The van der Waals surface area contributed by atoms with Gasteiger partial charge in [0.1, 0.15) is 23.2 Å². The maximum absolute atomic E-state index is 13.4. The normalized spacial score (nSPS) is 21.3. The minimum absolute atomic E-state index is 0.0259. The van der Waals surface area contributed by atoms with E-state index in [2.05, 4.69) is 25.5 Å². The maximum Gasteiger partial charge on any atom is 0.423 e. The number of aromatic nitrogens is 5. The molecule has 2 fully saturated rings. The van der Waals surface area contributed by atoms with Gasteiger partial charge >= 0.3 is 6.18 Å². The van der Waals surface area contributed by atoms with E-state index in [0.29, 0.717) is 0 Å². The zero-order chi connectivity index (χ0) is 23.9. The number of methoxy groups -OCH3 is 1. The third-order valence-corrected chi connectivity index (χ3v) is 6.34. The molecule has 3 aromatic heterocycles. The molecule has 9 nitrogen and oxygen atoms in total. The van der Waals surface area contributed by atoms with E-state index in [1.54, 1.807) is 7.11 Å². The van der Waals surface area contributed by atoms with E-state index in [-0.39, 0.29) is 31.1 Å². The van der Waals surface area contributed by atoms with Crippen LogP contribution in [-0.2, 0) is 10.9 Å². The minimum atomic E-state index is -4.61. The number of aryl methyl sites for hydroxylation is 1. The lowest BCUT2D eigenvalue weighted by Gasteiger charge is -2.30. The lowest BCUT2D eigenvalue weighted by atomic mass is 9.85. The summed E-state index contributed by atoms with van der Waals surface area (Å²) in [6.45, 7) is 2.42. The number of hydrogen-bond acceptors (Lipinski definition) is 8. The summed E-state index contributed by atoms with van der Waals surface area (Å²) in [6.07, 6.45) is 1.06. The summed E-state index contributed by atoms with van der Waals surface area (Å²) in [7, 11) is 1.62. The van der Waals surface area contributed by atoms with Gasteiger partial charge in [0.05, 0.1) is 20.3 Å². The van der Waals surface area contributed by atoms with Crippen LogP contribution >= 0.6 is 0 Å².